The molecule has 1 heterocycles. The van der Waals surface area contributed by atoms with Gasteiger partial charge in [0.1, 0.15) is 0 Å². The van der Waals surface area contributed by atoms with Crippen LogP contribution in [0.5, 0.6) is 0 Å². The lowest BCUT2D eigenvalue weighted by Crippen LogP contribution is -2.24. The molecule has 2 aliphatic rings. The molecule has 2 rings (SSSR count). The second kappa shape index (κ2) is 1.90. The van der Waals surface area contributed by atoms with Gasteiger partial charge < -0.3 is 5.32 Å². The highest BCUT2D eigenvalue weighted by atomic mass is 14.9. The van der Waals surface area contributed by atoms with Crippen molar-refractivity contribution in [3.63, 3.8) is 0 Å². The van der Waals surface area contributed by atoms with Crippen LogP contribution in [-0.2, 0) is 0 Å². The molecule has 48 valence electrons. The van der Waals surface area contributed by atoms with Crippen molar-refractivity contribution in [1.29, 1.82) is 0 Å². The Morgan fingerprint density at radius 1 is 1.56 bits per heavy atom. The van der Waals surface area contributed by atoms with Gasteiger partial charge in [-0.15, -0.1) is 0 Å². The van der Waals surface area contributed by atoms with Crippen molar-refractivity contribution in [2.75, 3.05) is 6.54 Å². The number of rotatable bonds is 0. The molecule has 1 aliphatic heterocycles. The summed E-state index contributed by atoms with van der Waals surface area (Å²) in [5, 5.41) is 3.38. The molecule has 0 saturated carbocycles. The molecule has 0 radical (unpaired) electrons. The number of hydrogen-bond acceptors (Lipinski definition) is 1. The Morgan fingerprint density at radius 3 is 3.44 bits per heavy atom. The quantitative estimate of drug-likeness (QED) is 0.511. The van der Waals surface area contributed by atoms with Gasteiger partial charge in [-0.25, -0.2) is 0 Å². The second-order valence-electron chi connectivity index (χ2n) is 2.68. The van der Waals surface area contributed by atoms with Crippen molar-refractivity contribution in [3.05, 3.63) is 23.9 Å². The van der Waals surface area contributed by atoms with Crippen LogP contribution in [0.4, 0.5) is 0 Å². The molecule has 1 atom stereocenters. The molecule has 0 aromatic rings. The lowest BCUT2D eigenvalue weighted by molar-refractivity contribution is 0.515. The molecule has 0 aromatic heterocycles. The van der Waals surface area contributed by atoms with Gasteiger partial charge in [-0.2, -0.15) is 0 Å². The van der Waals surface area contributed by atoms with Gasteiger partial charge in [0.15, 0.2) is 0 Å². The van der Waals surface area contributed by atoms with E-state index >= 15 is 0 Å². The van der Waals surface area contributed by atoms with Crippen LogP contribution in [0.25, 0.3) is 0 Å². The molecule has 1 N–H and O–H groups in total. The van der Waals surface area contributed by atoms with Gasteiger partial charge in [0.05, 0.1) is 0 Å². The highest BCUT2D eigenvalue weighted by Gasteiger charge is 2.17. The highest BCUT2D eigenvalue weighted by Crippen LogP contribution is 2.24. The normalized spacial score (nSPS) is 31.1. The van der Waals surface area contributed by atoms with E-state index < -0.39 is 0 Å². The van der Waals surface area contributed by atoms with Crippen molar-refractivity contribution in [1.82, 2.24) is 5.32 Å². The third-order valence-electron chi connectivity index (χ3n) is 2.04. The highest BCUT2D eigenvalue weighted by molar-refractivity contribution is 5.27. The Balaban J connectivity index is 2.16. The minimum Gasteiger partial charge on any atom is -0.388 e. The first-order valence-corrected chi connectivity index (χ1v) is 3.59. The van der Waals surface area contributed by atoms with Gasteiger partial charge in [0, 0.05) is 18.2 Å². The Morgan fingerprint density at radius 2 is 2.56 bits per heavy atom. The zero-order chi connectivity index (χ0) is 6.10. The van der Waals surface area contributed by atoms with E-state index in [9.17, 15) is 0 Å². The Hall–Kier alpha value is -0.720. The largest absolute Gasteiger partial charge is 0.388 e. The fraction of sp³-hybridized carbons (Fsp3) is 0.500. The maximum Gasteiger partial charge on any atom is 0.0176 e. The molecule has 9 heavy (non-hydrogen) atoms. The standard InChI is InChI=1S/C8H11N/c1-3-7-4-2-6-9-8(7)5-1/h1,3,5,7,9H,2,4,6H2. The molecule has 0 aromatic carbocycles. The van der Waals surface area contributed by atoms with Crippen molar-refractivity contribution in [2.45, 2.75) is 12.8 Å². The van der Waals surface area contributed by atoms with E-state index in [1.807, 2.05) is 0 Å². The van der Waals surface area contributed by atoms with Crippen LogP contribution in [0.2, 0.25) is 0 Å². The molecule has 1 saturated heterocycles. The Labute approximate surface area is 55.5 Å². The number of fused-ring (bicyclic) bond motifs is 1. The number of nitrogens with one attached hydrogen (secondary N) is 1. The number of hydrogen-bond donors (Lipinski definition) is 1. The molecule has 1 heteroatoms. The maximum absolute atomic E-state index is 3.38. The third-order valence-corrected chi connectivity index (χ3v) is 2.04. The summed E-state index contributed by atoms with van der Waals surface area (Å²) in [6, 6.07) is 0. The SMILES string of the molecule is C1=CC2CCCNC2=C1. The maximum atomic E-state index is 3.38. The predicted octanol–water partition coefficient (Wildman–Crippen LogP) is 1.44. The number of piperidine rings is 1. The van der Waals surface area contributed by atoms with E-state index in [4.69, 9.17) is 0 Å². The third kappa shape index (κ3) is 0.766. The fourth-order valence-electron chi connectivity index (χ4n) is 1.52. The first-order chi connectivity index (χ1) is 4.47. The lowest BCUT2D eigenvalue weighted by Gasteiger charge is -2.21. The molecule has 0 amide bonds. The van der Waals surface area contributed by atoms with Crippen LogP contribution < -0.4 is 5.32 Å². The first kappa shape index (κ1) is 5.10. The van der Waals surface area contributed by atoms with Gasteiger partial charge in [0.25, 0.3) is 0 Å². The zero-order valence-electron chi connectivity index (χ0n) is 5.43. The van der Waals surface area contributed by atoms with Crippen molar-refractivity contribution in [3.8, 4) is 0 Å². The summed E-state index contributed by atoms with van der Waals surface area (Å²) in [4.78, 5) is 0. The summed E-state index contributed by atoms with van der Waals surface area (Å²) in [5.74, 6) is 0.735. The van der Waals surface area contributed by atoms with Crippen LogP contribution >= 0.6 is 0 Å². The second-order valence-corrected chi connectivity index (χ2v) is 2.68. The van der Waals surface area contributed by atoms with Crippen LogP contribution in [0, 0.1) is 5.92 Å². The molecule has 1 unspecified atom stereocenters. The van der Waals surface area contributed by atoms with Crippen LogP contribution in [-0.4, -0.2) is 6.54 Å². The monoisotopic (exact) mass is 121 g/mol. The van der Waals surface area contributed by atoms with Gasteiger partial charge in [0.2, 0.25) is 0 Å². The van der Waals surface area contributed by atoms with Crippen molar-refractivity contribution >= 4 is 0 Å². The summed E-state index contributed by atoms with van der Waals surface area (Å²) >= 11 is 0. The Kier molecular flexibility index (Phi) is 1.08. The minimum atomic E-state index is 0.735. The minimum absolute atomic E-state index is 0.735. The van der Waals surface area contributed by atoms with E-state index in [1.165, 1.54) is 25.1 Å². The van der Waals surface area contributed by atoms with Crippen LogP contribution in [0.3, 0.4) is 0 Å². The summed E-state index contributed by atoms with van der Waals surface area (Å²) in [5.41, 5.74) is 1.43. The lowest BCUT2D eigenvalue weighted by atomic mass is 9.99. The van der Waals surface area contributed by atoms with Crippen molar-refractivity contribution < 1.29 is 0 Å². The van der Waals surface area contributed by atoms with Gasteiger partial charge in [-0.3, -0.25) is 0 Å². The van der Waals surface area contributed by atoms with E-state index in [0.717, 1.165) is 5.92 Å². The summed E-state index contributed by atoms with van der Waals surface area (Å²) < 4.78 is 0. The smallest absolute Gasteiger partial charge is 0.0176 e. The molecule has 1 nitrogen and oxygen atoms in total. The van der Waals surface area contributed by atoms with Crippen LogP contribution in [0.1, 0.15) is 12.8 Å². The first-order valence-electron chi connectivity index (χ1n) is 3.59. The van der Waals surface area contributed by atoms with Gasteiger partial charge >= 0.3 is 0 Å². The molecule has 0 bridgehead atoms. The van der Waals surface area contributed by atoms with Gasteiger partial charge in [-0.1, -0.05) is 12.2 Å². The molecular formula is C8H11N. The van der Waals surface area contributed by atoms with E-state index in [0.29, 0.717) is 0 Å². The van der Waals surface area contributed by atoms with Crippen LogP contribution in [0.15, 0.2) is 23.9 Å². The molecule has 1 aliphatic carbocycles. The molecular weight excluding hydrogens is 110 g/mol. The molecule has 0 spiro atoms. The molecule has 1 fully saturated rings. The number of allylic oxidation sites excluding steroid dienone is 3. The summed E-state index contributed by atoms with van der Waals surface area (Å²) in [6.45, 7) is 1.17. The predicted molar refractivity (Wildman–Crippen MR) is 37.9 cm³/mol. The average Bonchev–Trinajstić information content (AvgIpc) is 2.33. The van der Waals surface area contributed by atoms with E-state index in [-0.39, 0.29) is 0 Å². The zero-order valence-corrected chi connectivity index (χ0v) is 5.43. The van der Waals surface area contributed by atoms with Gasteiger partial charge in [-0.05, 0) is 18.9 Å². The Bertz CT molecular complexity index is 167. The topological polar surface area (TPSA) is 12.0 Å². The van der Waals surface area contributed by atoms with E-state index in [1.54, 1.807) is 0 Å². The fourth-order valence-corrected chi connectivity index (χ4v) is 1.52. The van der Waals surface area contributed by atoms with E-state index in [2.05, 4.69) is 23.5 Å². The average molecular weight is 121 g/mol. The van der Waals surface area contributed by atoms with Crippen molar-refractivity contribution in [2.24, 2.45) is 5.92 Å². The summed E-state index contributed by atoms with van der Waals surface area (Å²) in [6.07, 6.45) is 9.28. The summed E-state index contributed by atoms with van der Waals surface area (Å²) in [7, 11) is 0.